The monoisotopic (exact) mass is 273 g/mol. The first-order valence-electron chi connectivity index (χ1n) is 7.05. The molecule has 0 aliphatic carbocycles. The van der Waals surface area contributed by atoms with E-state index in [1.54, 1.807) is 0 Å². The fourth-order valence-corrected chi connectivity index (χ4v) is 2.32. The molecule has 0 spiro atoms. The molecule has 1 aromatic heterocycles. The highest BCUT2D eigenvalue weighted by molar-refractivity contribution is 5.18. The van der Waals surface area contributed by atoms with Crippen LogP contribution in [0.4, 0.5) is 0 Å². The summed E-state index contributed by atoms with van der Waals surface area (Å²) in [6.45, 7) is 4.58. The SMILES string of the molecule is c1ccc(Cc2noc(CCN3CCOCC3)n2)cc1. The van der Waals surface area contributed by atoms with Crippen molar-refractivity contribution in [3.05, 3.63) is 47.6 Å². The van der Waals surface area contributed by atoms with Crippen molar-refractivity contribution in [3.8, 4) is 0 Å². The standard InChI is InChI=1S/C15H19N3O2/c1-2-4-13(5-3-1)12-14-16-15(20-17-14)6-7-18-8-10-19-11-9-18/h1-5H,6-12H2. The maximum Gasteiger partial charge on any atom is 0.227 e. The summed E-state index contributed by atoms with van der Waals surface area (Å²) in [6, 6.07) is 10.2. The quantitative estimate of drug-likeness (QED) is 0.827. The number of nitrogens with zero attached hydrogens (tertiary/aromatic N) is 3. The van der Waals surface area contributed by atoms with Gasteiger partial charge in [0, 0.05) is 32.5 Å². The molecule has 0 radical (unpaired) electrons. The number of hydrogen-bond acceptors (Lipinski definition) is 5. The van der Waals surface area contributed by atoms with Gasteiger partial charge in [-0.05, 0) is 5.56 Å². The minimum absolute atomic E-state index is 0.724. The van der Waals surface area contributed by atoms with Crippen LogP contribution in [0.2, 0.25) is 0 Å². The van der Waals surface area contributed by atoms with E-state index in [4.69, 9.17) is 9.26 Å². The molecule has 1 fully saturated rings. The Balaban J connectivity index is 1.51. The van der Waals surface area contributed by atoms with E-state index in [0.717, 1.165) is 57.4 Å². The molecule has 0 atom stereocenters. The second-order valence-corrected chi connectivity index (χ2v) is 4.97. The molecule has 1 aliphatic rings. The Kier molecular flexibility index (Phi) is 4.40. The minimum atomic E-state index is 0.724. The lowest BCUT2D eigenvalue weighted by atomic mass is 10.1. The number of hydrogen-bond donors (Lipinski definition) is 0. The van der Waals surface area contributed by atoms with Gasteiger partial charge in [-0.25, -0.2) is 0 Å². The van der Waals surface area contributed by atoms with Crippen LogP contribution in [0.15, 0.2) is 34.9 Å². The summed E-state index contributed by atoms with van der Waals surface area (Å²) in [6.07, 6.45) is 1.53. The summed E-state index contributed by atoms with van der Waals surface area (Å²) in [7, 11) is 0. The Morgan fingerprint density at radius 2 is 1.90 bits per heavy atom. The Morgan fingerprint density at radius 3 is 2.70 bits per heavy atom. The number of aromatic nitrogens is 2. The van der Waals surface area contributed by atoms with Gasteiger partial charge < -0.3 is 9.26 Å². The summed E-state index contributed by atoms with van der Waals surface area (Å²) in [5, 5.41) is 4.05. The lowest BCUT2D eigenvalue weighted by molar-refractivity contribution is 0.0375. The van der Waals surface area contributed by atoms with Gasteiger partial charge in [0.05, 0.1) is 13.2 Å². The molecule has 0 N–H and O–H groups in total. The molecule has 5 heteroatoms. The smallest absolute Gasteiger partial charge is 0.227 e. The van der Waals surface area contributed by atoms with Crippen LogP contribution in [0.25, 0.3) is 0 Å². The highest BCUT2D eigenvalue weighted by Gasteiger charge is 2.12. The molecule has 106 valence electrons. The zero-order valence-electron chi connectivity index (χ0n) is 11.5. The molecule has 5 nitrogen and oxygen atoms in total. The molecule has 0 unspecified atom stereocenters. The van der Waals surface area contributed by atoms with E-state index in [0.29, 0.717) is 0 Å². The lowest BCUT2D eigenvalue weighted by Crippen LogP contribution is -2.37. The Bertz CT molecular complexity index is 521. The first-order valence-corrected chi connectivity index (χ1v) is 7.05. The van der Waals surface area contributed by atoms with Gasteiger partial charge in [0.1, 0.15) is 0 Å². The molecule has 3 rings (SSSR count). The van der Waals surface area contributed by atoms with Gasteiger partial charge in [0.15, 0.2) is 5.82 Å². The number of rotatable bonds is 5. The van der Waals surface area contributed by atoms with Gasteiger partial charge >= 0.3 is 0 Å². The van der Waals surface area contributed by atoms with E-state index >= 15 is 0 Å². The van der Waals surface area contributed by atoms with Crippen LogP contribution in [0.3, 0.4) is 0 Å². The summed E-state index contributed by atoms with van der Waals surface area (Å²) in [4.78, 5) is 6.82. The Hall–Kier alpha value is -1.72. The normalized spacial score (nSPS) is 16.4. The molecule has 2 aromatic rings. The second-order valence-electron chi connectivity index (χ2n) is 4.97. The molecule has 1 aromatic carbocycles. The first-order chi connectivity index (χ1) is 9.90. The van der Waals surface area contributed by atoms with Crippen LogP contribution >= 0.6 is 0 Å². The van der Waals surface area contributed by atoms with Gasteiger partial charge in [-0.15, -0.1) is 0 Å². The van der Waals surface area contributed by atoms with Crippen molar-refractivity contribution in [3.63, 3.8) is 0 Å². The fourth-order valence-electron chi connectivity index (χ4n) is 2.32. The van der Waals surface area contributed by atoms with Crippen molar-refractivity contribution in [2.45, 2.75) is 12.8 Å². The van der Waals surface area contributed by atoms with E-state index in [1.165, 1.54) is 5.56 Å². The summed E-state index contributed by atoms with van der Waals surface area (Å²) in [5.41, 5.74) is 1.20. The molecule has 0 amide bonds. The van der Waals surface area contributed by atoms with Gasteiger partial charge in [-0.3, -0.25) is 4.90 Å². The molecule has 0 saturated carbocycles. The fraction of sp³-hybridized carbons (Fsp3) is 0.467. The van der Waals surface area contributed by atoms with Crippen LogP contribution in [-0.4, -0.2) is 47.9 Å². The zero-order valence-corrected chi connectivity index (χ0v) is 11.5. The van der Waals surface area contributed by atoms with E-state index in [9.17, 15) is 0 Å². The van der Waals surface area contributed by atoms with Gasteiger partial charge in [-0.1, -0.05) is 35.5 Å². The largest absolute Gasteiger partial charge is 0.379 e. The lowest BCUT2D eigenvalue weighted by Gasteiger charge is -2.25. The van der Waals surface area contributed by atoms with Crippen LogP contribution in [0.5, 0.6) is 0 Å². The summed E-state index contributed by atoms with van der Waals surface area (Å²) < 4.78 is 10.6. The molecule has 0 bridgehead atoms. The summed E-state index contributed by atoms with van der Waals surface area (Å²) in [5.74, 6) is 1.48. The van der Waals surface area contributed by atoms with Crippen molar-refractivity contribution >= 4 is 0 Å². The minimum Gasteiger partial charge on any atom is -0.379 e. The predicted octanol–water partition coefficient (Wildman–Crippen LogP) is 1.54. The van der Waals surface area contributed by atoms with E-state index in [-0.39, 0.29) is 0 Å². The van der Waals surface area contributed by atoms with Crippen molar-refractivity contribution in [2.24, 2.45) is 0 Å². The van der Waals surface area contributed by atoms with Crippen LogP contribution < -0.4 is 0 Å². The maximum absolute atomic E-state index is 5.33. The molecule has 1 saturated heterocycles. The highest BCUT2D eigenvalue weighted by atomic mass is 16.5. The van der Waals surface area contributed by atoms with Crippen LogP contribution in [0, 0.1) is 0 Å². The Labute approximate surface area is 118 Å². The molecule has 20 heavy (non-hydrogen) atoms. The van der Waals surface area contributed by atoms with E-state index < -0.39 is 0 Å². The van der Waals surface area contributed by atoms with Gasteiger partial charge in [0.2, 0.25) is 5.89 Å². The topological polar surface area (TPSA) is 51.4 Å². The molecular weight excluding hydrogens is 254 g/mol. The van der Waals surface area contributed by atoms with Crippen molar-refractivity contribution < 1.29 is 9.26 Å². The van der Waals surface area contributed by atoms with Crippen molar-refractivity contribution in [1.29, 1.82) is 0 Å². The number of ether oxygens (including phenoxy) is 1. The van der Waals surface area contributed by atoms with E-state index in [2.05, 4.69) is 27.2 Å². The summed E-state index contributed by atoms with van der Waals surface area (Å²) >= 11 is 0. The number of benzene rings is 1. The van der Waals surface area contributed by atoms with E-state index in [1.807, 2.05) is 18.2 Å². The highest BCUT2D eigenvalue weighted by Crippen LogP contribution is 2.07. The average Bonchev–Trinajstić information content (AvgIpc) is 2.95. The molecule has 2 heterocycles. The van der Waals surface area contributed by atoms with Crippen LogP contribution in [0.1, 0.15) is 17.3 Å². The third-order valence-corrected chi connectivity index (χ3v) is 3.46. The van der Waals surface area contributed by atoms with Crippen molar-refractivity contribution in [2.75, 3.05) is 32.8 Å². The van der Waals surface area contributed by atoms with Gasteiger partial charge in [-0.2, -0.15) is 4.98 Å². The third-order valence-electron chi connectivity index (χ3n) is 3.46. The maximum atomic E-state index is 5.33. The Morgan fingerprint density at radius 1 is 1.10 bits per heavy atom. The zero-order chi connectivity index (χ0) is 13.6. The molecule has 1 aliphatic heterocycles. The molecular formula is C15H19N3O2. The first kappa shape index (κ1) is 13.3. The third kappa shape index (κ3) is 3.65. The van der Waals surface area contributed by atoms with Gasteiger partial charge in [0.25, 0.3) is 0 Å². The van der Waals surface area contributed by atoms with Crippen molar-refractivity contribution in [1.82, 2.24) is 15.0 Å². The predicted molar refractivity (Wildman–Crippen MR) is 74.5 cm³/mol. The average molecular weight is 273 g/mol. The number of morpholine rings is 1. The second kappa shape index (κ2) is 6.63. The van der Waals surface area contributed by atoms with Crippen LogP contribution in [-0.2, 0) is 17.6 Å².